The van der Waals surface area contributed by atoms with Gasteiger partial charge in [0.2, 0.25) is 0 Å². The van der Waals surface area contributed by atoms with Crippen LogP contribution in [0.4, 0.5) is 0 Å². The summed E-state index contributed by atoms with van der Waals surface area (Å²) in [5.74, 6) is -0.662. The van der Waals surface area contributed by atoms with E-state index in [0.717, 1.165) is 12.8 Å². The van der Waals surface area contributed by atoms with Crippen molar-refractivity contribution < 1.29 is 23.3 Å². The number of hydrogen-bond donors (Lipinski definition) is 1. The highest BCUT2D eigenvalue weighted by Crippen LogP contribution is 2.43. The second-order valence-electron chi connectivity index (χ2n) is 4.57. The summed E-state index contributed by atoms with van der Waals surface area (Å²) < 4.78 is 20.0. The minimum atomic E-state index is -4.17. The lowest BCUT2D eigenvalue weighted by molar-refractivity contribution is -0.136. The number of carbonyl (C=O) groups excluding carboxylic acids is 1. The maximum atomic E-state index is 11.3. The molecule has 0 rings (SSSR count). The Hall–Kier alpha value is -0.380. The van der Waals surface area contributed by atoms with E-state index >= 15 is 0 Å². The molecule has 0 spiro atoms. The molecule has 0 bridgehead atoms. The van der Waals surface area contributed by atoms with Crippen LogP contribution in [0.15, 0.2) is 0 Å². The summed E-state index contributed by atoms with van der Waals surface area (Å²) in [6.45, 7) is 3.79. The molecule has 0 aromatic carbocycles. The van der Waals surface area contributed by atoms with Gasteiger partial charge in [0, 0.05) is 6.42 Å². The first-order valence-electron chi connectivity index (χ1n) is 7.21. The number of unbranched alkanes of at least 4 members (excludes halogenated alkanes) is 7. The van der Waals surface area contributed by atoms with Gasteiger partial charge in [-0.1, -0.05) is 51.9 Å². The van der Waals surface area contributed by atoms with E-state index in [1.54, 1.807) is 6.92 Å². The number of phosphoric ester groups is 1. The molecule has 0 amide bonds. The minimum absolute atomic E-state index is 0.0405. The first-order valence-corrected chi connectivity index (χ1v) is 8.71. The highest BCUT2D eigenvalue weighted by Gasteiger charge is 2.24. The average Bonchev–Trinajstić information content (AvgIpc) is 2.31. The topological polar surface area (TPSA) is 72.8 Å². The summed E-state index contributed by atoms with van der Waals surface area (Å²) in [4.78, 5) is 20.4. The zero-order chi connectivity index (χ0) is 14.6. The van der Waals surface area contributed by atoms with E-state index in [1.165, 1.54) is 32.1 Å². The van der Waals surface area contributed by atoms with Gasteiger partial charge in [-0.15, -0.1) is 0 Å². The van der Waals surface area contributed by atoms with Gasteiger partial charge in [0.25, 0.3) is 0 Å². The molecule has 114 valence electrons. The van der Waals surface area contributed by atoms with E-state index in [0.29, 0.717) is 6.42 Å². The molecule has 1 atom stereocenters. The molecule has 0 aliphatic carbocycles. The zero-order valence-electron chi connectivity index (χ0n) is 12.1. The molecule has 0 fully saturated rings. The molecule has 0 aromatic heterocycles. The Kier molecular flexibility index (Phi) is 11.2. The van der Waals surface area contributed by atoms with Crippen molar-refractivity contribution in [2.45, 2.75) is 71.6 Å². The van der Waals surface area contributed by atoms with Crippen molar-refractivity contribution in [3.8, 4) is 0 Å². The van der Waals surface area contributed by atoms with Gasteiger partial charge in [0.05, 0.1) is 6.61 Å². The Morgan fingerprint density at radius 3 is 2.05 bits per heavy atom. The van der Waals surface area contributed by atoms with Crippen molar-refractivity contribution in [2.75, 3.05) is 6.61 Å². The normalized spacial score (nSPS) is 14.1. The number of rotatable bonds is 12. The minimum Gasteiger partial charge on any atom is -0.371 e. The number of hydrogen-bond acceptors (Lipinski definition) is 4. The van der Waals surface area contributed by atoms with Crippen LogP contribution in [0.3, 0.4) is 0 Å². The maximum Gasteiger partial charge on any atom is 0.529 e. The van der Waals surface area contributed by atoms with Gasteiger partial charge in [0.15, 0.2) is 0 Å². The summed E-state index contributed by atoms with van der Waals surface area (Å²) in [6, 6.07) is 0. The lowest BCUT2D eigenvalue weighted by atomic mass is 10.1. The van der Waals surface area contributed by atoms with Crippen LogP contribution in [-0.2, 0) is 18.4 Å². The van der Waals surface area contributed by atoms with E-state index in [9.17, 15) is 9.36 Å². The molecule has 0 aromatic rings. The van der Waals surface area contributed by atoms with Crippen molar-refractivity contribution in [1.82, 2.24) is 0 Å². The second kappa shape index (κ2) is 11.4. The molecule has 5 nitrogen and oxygen atoms in total. The smallest absolute Gasteiger partial charge is 0.371 e. The fourth-order valence-electron chi connectivity index (χ4n) is 1.77. The van der Waals surface area contributed by atoms with Gasteiger partial charge in [-0.05, 0) is 13.3 Å². The van der Waals surface area contributed by atoms with Gasteiger partial charge >= 0.3 is 13.8 Å². The lowest BCUT2D eigenvalue weighted by Crippen LogP contribution is -2.04. The van der Waals surface area contributed by atoms with Crippen LogP contribution in [0.1, 0.15) is 71.6 Å². The van der Waals surface area contributed by atoms with Crippen LogP contribution in [0.25, 0.3) is 0 Å². The average molecular weight is 294 g/mol. The van der Waals surface area contributed by atoms with Crippen LogP contribution in [0.5, 0.6) is 0 Å². The SMILES string of the molecule is CCCCCCCCCCC(=O)OP(=O)(O)OCC. The highest BCUT2D eigenvalue weighted by molar-refractivity contribution is 7.48. The van der Waals surface area contributed by atoms with Crippen LogP contribution in [0.2, 0.25) is 0 Å². The fraction of sp³-hybridized carbons (Fsp3) is 0.923. The first kappa shape index (κ1) is 18.6. The van der Waals surface area contributed by atoms with Gasteiger partial charge < -0.3 is 4.52 Å². The van der Waals surface area contributed by atoms with Crippen molar-refractivity contribution in [3.05, 3.63) is 0 Å². The first-order chi connectivity index (χ1) is 9.02. The zero-order valence-corrected chi connectivity index (χ0v) is 13.0. The molecule has 0 heterocycles. The van der Waals surface area contributed by atoms with E-state index in [1.807, 2.05) is 0 Å². The van der Waals surface area contributed by atoms with Crippen LogP contribution < -0.4 is 0 Å². The van der Waals surface area contributed by atoms with Crippen molar-refractivity contribution in [2.24, 2.45) is 0 Å². The predicted octanol–water partition coefficient (Wildman–Crippen LogP) is 4.20. The third-order valence-electron chi connectivity index (χ3n) is 2.74. The molecule has 0 saturated heterocycles. The maximum absolute atomic E-state index is 11.3. The Balaban J connectivity index is 3.46. The van der Waals surface area contributed by atoms with E-state index < -0.39 is 13.8 Å². The molecule has 1 N–H and O–H groups in total. The van der Waals surface area contributed by atoms with Crippen molar-refractivity contribution in [1.29, 1.82) is 0 Å². The molecule has 0 radical (unpaired) electrons. The summed E-state index contributed by atoms with van der Waals surface area (Å²) >= 11 is 0. The monoisotopic (exact) mass is 294 g/mol. The summed E-state index contributed by atoms with van der Waals surface area (Å²) in [7, 11) is -4.17. The highest BCUT2D eigenvalue weighted by atomic mass is 31.2. The van der Waals surface area contributed by atoms with E-state index in [2.05, 4.69) is 16.0 Å². The molecule has 1 unspecified atom stereocenters. The molecule has 0 aliphatic rings. The molecular formula is C13H27O5P. The molecule has 6 heteroatoms. The van der Waals surface area contributed by atoms with E-state index in [-0.39, 0.29) is 13.0 Å². The van der Waals surface area contributed by atoms with Crippen LogP contribution >= 0.6 is 7.82 Å². The fourth-order valence-corrected chi connectivity index (χ4v) is 2.49. The quantitative estimate of drug-likeness (QED) is 0.431. The largest absolute Gasteiger partial charge is 0.529 e. The summed E-state index contributed by atoms with van der Waals surface area (Å²) in [5.41, 5.74) is 0. The standard InChI is InChI=1S/C13H27O5P/c1-3-5-6-7-8-9-10-11-12-13(14)18-19(15,16)17-4-2/h3-12H2,1-2H3,(H,15,16). The van der Waals surface area contributed by atoms with Crippen LogP contribution in [-0.4, -0.2) is 17.5 Å². The molecule has 0 saturated carbocycles. The predicted molar refractivity (Wildman–Crippen MR) is 74.8 cm³/mol. The Morgan fingerprint density at radius 2 is 1.53 bits per heavy atom. The van der Waals surface area contributed by atoms with E-state index in [4.69, 9.17) is 4.89 Å². The third-order valence-corrected chi connectivity index (χ3v) is 3.76. The number of phosphoric acid groups is 1. The number of carbonyl (C=O) groups is 1. The van der Waals surface area contributed by atoms with Gasteiger partial charge in [-0.3, -0.25) is 14.2 Å². The lowest BCUT2D eigenvalue weighted by Gasteiger charge is -2.10. The third kappa shape index (κ3) is 12.4. The Bertz CT molecular complexity index is 280. The molecule has 19 heavy (non-hydrogen) atoms. The summed E-state index contributed by atoms with van der Waals surface area (Å²) in [6.07, 6.45) is 9.15. The molecular weight excluding hydrogens is 267 g/mol. The molecule has 0 aliphatic heterocycles. The Morgan fingerprint density at radius 1 is 1.00 bits per heavy atom. The van der Waals surface area contributed by atoms with Crippen molar-refractivity contribution >= 4 is 13.8 Å². The van der Waals surface area contributed by atoms with Gasteiger partial charge in [-0.2, -0.15) is 0 Å². The van der Waals surface area contributed by atoms with Gasteiger partial charge in [0.1, 0.15) is 0 Å². The van der Waals surface area contributed by atoms with Crippen molar-refractivity contribution in [3.63, 3.8) is 0 Å². The van der Waals surface area contributed by atoms with Crippen LogP contribution in [0, 0.1) is 0 Å². The summed E-state index contributed by atoms with van der Waals surface area (Å²) in [5, 5.41) is 0. The Labute approximate surface area is 116 Å². The second-order valence-corrected chi connectivity index (χ2v) is 5.95. The van der Waals surface area contributed by atoms with Gasteiger partial charge in [-0.25, -0.2) is 4.57 Å².